The van der Waals surface area contributed by atoms with E-state index in [0.717, 1.165) is 24.2 Å². The number of fused-ring (bicyclic) bond motifs is 1. The van der Waals surface area contributed by atoms with Crippen LogP contribution >= 0.6 is 11.6 Å². The van der Waals surface area contributed by atoms with Crippen LogP contribution in [0.5, 0.6) is 5.75 Å². The van der Waals surface area contributed by atoms with Crippen LogP contribution in [0, 0.1) is 0 Å². The first-order chi connectivity index (χ1) is 6.24. The van der Waals surface area contributed by atoms with Crippen molar-refractivity contribution in [3.63, 3.8) is 0 Å². The molecule has 0 unspecified atom stereocenters. The Balaban J connectivity index is 2.60. The summed E-state index contributed by atoms with van der Waals surface area (Å²) < 4.78 is 5.25. The molecular weight excluding hydrogens is 186 g/mol. The molecule has 2 N–H and O–H groups in total. The van der Waals surface area contributed by atoms with Gasteiger partial charge in [0, 0.05) is 11.6 Å². The summed E-state index contributed by atoms with van der Waals surface area (Å²) in [5, 5.41) is 0.651. The zero-order valence-electron chi connectivity index (χ0n) is 7.51. The van der Waals surface area contributed by atoms with Gasteiger partial charge in [0.1, 0.15) is 5.75 Å². The highest BCUT2D eigenvalue weighted by Gasteiger charge is 2.24. The van der Waals surface area contributed by atoms with Crippen LogP contribution in [0.1, 0.15) is 23.6 Å². The zero-order valence-corrected chi connectivity index (χ0v) is 8.27. The molecule has 1 atom stereocenters. The van der Waals surface area contributed by atoms with Crippen LogP contribution in [0.3, 0.4) is 0 Å². The smallest absolute Gasteiger partial charge is 0.142 e. The molecule has 0 aromatic heterocycles. The van der Waals surface area contributed by atoms with Gasteiger partial charge in [0.05, 0.1) is 12.1 Å². The molecule has 0 bridgehead atoms. The number of methoxy groups -OCH3 is 1. The summed E-state index contributed by atoms with van der Waals surface area (Å²) in [6, 6.07) is 3.99. The molecule has 0 heterocycles. The third kappa shape index (κ3) is 1.30. The minimum Gasteiger partial charge on any atom is -0.495 e. The molecule has 1 aromatic rings. The van der Waals surface area contributed by atoms with Crippen LogP contribution in [0.4, 0.5) is 0 Å². The number of rotatable bonds is 1. The van der Waals surface area contributed by atoms with E-state index in [-0.39, 0.29) is 6.04 Å². The minimum atomic E-state index is 0.0867. The third-order valence-corrected chi connectivity index (χ3v) is 2.84. The maximum atomic E-state index is 5.99. The van der Waals surface area contributed by atoms with Crippen molar-refractivity contribution in [1.82, 2.24) is 0 Å². The Morgan fingerprint density at radius 3 is 3.00 bits per heavy atom. The normalized spacial score (nSPS) is 20.1. The predicted molar refractivity (Wildman–Crippen MR) is 53.3 cm³/mol. The van der Waals surface area contributed by atoms with Gasteiger partial charge in [0.15, 0.2) is 0 Å². The second-order valence-corrected chi connectivity index (χ2v) is 3.71. The lowest BCUT2D eigenvalue weighted by Gasteiger charge is -2.12. The fourth-order valence-electron chi connectivity index (χ4n) is 1.90. The number of benzene rings is 1. The second-order valence-electron chi connectivity index (χ2n) is 3.30. The lowest BCUT2D eigenvalue weighted by molar-refractivity contribution is 0.407. The van der Waals surface area contributed by atoms with Crippen LogP contribution in [0.2, 0.25) is 5.02 Å². The Kier molecular flexibility index (Phi) is 2.18. The van der Waals surface area contributed by atoms with Crippen LogP contribution in [-0.2, 0) is 6.42 Å². The topological polar surface area (TPSA) is 35.2 Å². The molecule has 0 radical (unpaired) electrons. The summed E-state index contributed by atoms with van der Waals surface area (Å²) in [5.41, 5.74) is 8.32. The van der Waals surface area contributed by atoms with E-state index in [0.29, 0.717) is 5.02 Å². The van der Waals surface area contributed by atoms with Gasteiger partial charge in [-0.05, 0) is 24.5 Å². The van der Waals surface area contributed by atoms with E-state index in [1.165, 1.54) is 5.56 Å². The molecule has 0 saturated carbocycles. The Hall–Kier alpha value is -0.730. The molecule has 70 valence electrons. The van der Waals surface area contributed by atoms with Crippen LogP contribution in [0.25, 0.3) is 0 Å². The van der Waals surface area contributed by atoms with Gasteiger partial charge in [0.2, 0.25) is 0 Å². The van der Waals surface area contributed by atoms with Gasteiger partial charge in [-0.15, -0.1) is 0 Å². The van der Waals surface area contributed by atoms with E-state index < -0.39 is 0 Å². The van der Waals surface area contributed by atoms with Crippen molar-refractivity contribution in [2.75, 3.05) is 7.11 Å². The van der Waals surface area contributed by atoms with Crippen molar-refractivity contribution in [2.45, 2.75) is 18.9 Å². The fourth-order valence-corrected chi connectivity index (χ4v) is 2.14. The molecular formula is C10H12ClNO. The van der Waals surface area contributed by atoms with Crippen LogP contribution in [-0.4, -0.2) is 7.11 Å². The Morgan fingerprint density at radius 2 is 2.31 bits per heavy atom. The number of ether oxygens (including phenoxy) is 1. The summed E-state index contributed by atoms with van der Waals surface area (Å²) in [7, 11) is 1.63. The molecule has 0 saturated heterocycles. The lowest BCUT2D eigenvalue weighted by atomic mass is 10.1. The van der Waals surface area contributed by atoms with E-state index in [2.05, 4.69) is 0 Å². The highest BCUT2D eigenvalue weighted by molar-refractivity contribution is 6.32. The Labute approximate surface area is 82.6 Å². The quantitative estimate of drug-likeness (QED) is 0.750. The Morgan fingerprint density at radius 1 is 1.54 bits per heavy atom. The van der Waals surface area contributed by atoms with E-state index in [9.17, 15) is 0 Å². The molecule has 0 spiro atoms. The van der Waals surface area contributed by atoms with Crippen molar-refractivity contribution >= 4 is 11.6 Å². The van der Waals surface area contributed by atoms with Gasteiger partial charge in [0.25, 0.3) is 0 Å². The summed E-state index contributed by atoms with van der Waals surface area (Å²) in [6.45, 7) is 0. The number of aryl methyl sites for hydroxylation is 1. The molecule has 0 amide bonds. The monoisotopic (exact) mass is 197 g/mol. The molecule has 1 aliphatic carbocycles. The Bertz CT molecular complexity index is 338. The summed E-state index contributed by atoms with van der Waals surface area (Å²) in [5.74, 6) is 0.754. The number of hydrogen-bond donors (Lipinski definition) is 1. The van der Waals surface area contributed by atoms with E-state index >= 15 is 0 Å². The fraction of sp³-hybridized carbons (Fsp3) is 0.400. The first-order valence-corrected chi connectivity index (χ1v) is 4.72. The molecule has 13 heavy (non-hydrogen) atoms. The highest BCUT2D eigenvalue weighted by atomic mass is 35.5. The van der Waals surface area contributed by atoms with E-state index in [1.54, 1.807) is 7.11 Å². The van der Waals surface area contributed by atoms with Crippen molar-refractivity contribution in [3.8, 4) is 5.75 Å². The predicted octanol–water partition coefficient (Wildman–Crippen LogP) is 2.29. The lowest BCUT2D eigenvalue weighted by Crippen LogP contribution is -2.07. The van der Waals surface area contributed by atoms with Crippen molar-refractivity contribution in [1.29, 1.82) is 0 Å². The van der Waals surface area contributed by atoms with Gasteiger partial charge < -0.3 is 10.5 Å². The maximum absolute atomic E-state index is 5.99. The summed E-state index contributed by atoms with van der Waals surface area (Å²) >= 11 is 5.99. The van der Waals surface area contributed by atoms with Crippen molar-refractivity contribution in [2.24, 2.45) is 5.73 Å². The van der Waals surface area contributed by atoms with Gasteiger partial charge in [-0.2, -0.15) is 0 Å². The van der Waals surface area contributed by atoms with Crippen molar-refractivity contribution < 1.29 is 4.74 Å². The van der Waals surface area contributed by atoms with Gasteiger partial charge >= 0.3 is 0 Å². The minimum absolute atomic E-state index is 0.0867. The standard InChI is InChI=1S/C10H12ClNO/c1-13-10-7(11)4-2-6-3-5-8(12)9(6)10/h2,4,8H,3,5,12H2,1H3/t8-/m0/s1. The second kappa shape index (κ2) is 3.20. The van der Waals surface area contributed by atoms with Crippen molar-refractivity contribution in [3.05, 3.63) is 28.3 Å². The van der Waals surface area contributed by atoms with Gasteiger partial charge in [-0.25, -0.2) is 0 Å². The molecule has 0 aliphatic heterocycles. The number of halogens is 1. The SMILES string of the molecule is COc1c(Cl)ccc2c1[C@@H](N)CC2. The van der Waals surface area contributed by atoms with Gasteiger partial charge in [-0.3, -0.25) is 0 Å². The van der Waals surface area contributed by atoms with Crippen LogP contribution in [0.15, 0.2) is 12.1 Å². The summed E-state index contributed by atoms with van der Waals surface area (Å²) in [6.07, 6.45) is 2.02. The molecule has 0 fully saturated rings. The average molecular weight is 198 g/mol. The van der Waals surface area contributed by atoms with E-state index in [4.69, 9.17) is 22.1 Å². The molecule has 1 aromatic carbocycles. The summed E-state index contributed by atoms with van der Waals surface area (Å²) in [4.78, 5) is 0. The molecule has 2 rings (SSSR count). The largest absolute Gasteiger partial charge is 0.495 e. The molecule has 2 nitrogen and oxygen atoms in total. The van der Waals surface area contributed by atoms with E-state index in [1.807, 2.05) is 12.1 Å². The zero-order chi connectivity index (χ0) is 9.42. The highest BCUT2D eigenvalue weighted by Crippen LogP contribution is 2.40. The first kappa shape index (κ1) is 8.85. The maximum Gasteiger partial charge on any atom is 0.142 e. The van der Waals surface area contributed by atoms with Crippen LogP contribution < -0.4 is 10.5 Å². The number of nitrogens with two attached hydrogens (primary N) is 1. The molecule has 1 aliphatic rings. The van der Waals surface area contributed by atoms with Gasteiger partial charge in [-0.1, -0.05) is 17.7 Å². The third-order valence-electron chi connectivity index (χ3n) is 2.54. The molecule has 3 heteroatoms. The first-order valence-electron chi connectivity index (χ1n) is 4.35. The number of hydrogen-bond acceptors (Lipinski definition) is 2. The average Bonchev–Trinajstić information content (AvgIpc) is 2.49.